The Morgan fingerprint density at radius 3 is 2.70 bits per heavy atom. The number of carbonyl (C=O) groups excluding carboxylic acids is 2. The minimum absolute atomic E-state index is 0.239. The largest absolute Gasteiger partial charge is 0.548 e. The maximum atomic E-state index is 11.9. The summed E-state index contributed by atoms with van der Waals surface area (Å²) in [6, 6.07) is 12.3. The fourth-order valence-corrected chi connectivity index (χ4v) is 2.66. The SMILES string of the molecule is CSCC[C@@H](NC(=O)COc1cccc2ccccc12)C(=O)[O-]. The molecule has 1 N–H and O–H groups in total. The highest BCUT2D eigenvalue weighted by Crippen LogP contribution is 2.24. The third kappa shape index (κ3) is 4.89. The van der Waals surface area contributed by atoms with E-state index >= 15 is 0 Å². The Bertz CT molecular complexity index is 684. The molecule has 6 heteroatoms. The topological polar surface area (TPSA) is 78.5 Å². The number of hydrogen-bond acceptors (Lipinski definition) is 5. The van der Waals surface area contributed by atoms with Crippen LogP contribution in [-0.2, 0) is 9.59 Å². The summed E-state index contributed by atoms with van der Waals surface area (Å²) in [5.41, 5.74) is 0. The average Bonchev–Trinajstić information content (AvgIpc) is 2.56. The molecule has 0 unspecified atom stereocenters. The summed E-state index contributed by atoms with van der Waals surface area (Å²) in [6.07, 6.45) is 2.20. The zero-order valence-corrected chi connectivity index (χ0v) is 13.6. The third-order valence-electron chi connectivity index (χ3n) is 3.34. The van der Waals surface area contributed by atoms with E-state index < -0.39 is 17.9 Å². The molecule has 0 fully saturated rings. The highest BCUT2D eigenvalue weighted by molar-refractivity contribution is 7.98. The van der Waals surface area contributed by atoms with Gasteiger partial charge in [-0.3, -0.25) is 4.79 Å². The fourth-order valence-electron chi connectivity index (χ4n) is 2.19. The quantitative estimate of drug-likeness (QED) is 0.786. The van der Waals surface area contributed by atoms with Crippen LogP contribution in [0.3, 0.4) is 0 Å². The monoisotopic (exact) mass is 332 g/mol. The molecule has 2 rings (SSSR count). The van der Waals surface area contributed by atoms with Gasteiger partial charge in [0.25, 0.3) is 5.91 Å². The number of ether oxygens (including phenoxy) is 1. The lowest BCUT2D eigenvalue weighted by molar-refractivity contribution is -0.308. The number of carboxylic acid groups (broad SMARTS) is 1. The van der Waals surface area contributed by atoms with Crippen molar-refractivity contribution >= 4 is 34.4 Å². The van der Waals surface area contributed by atoms with Crippen molar-refractivity contribution in [2.24, 2.45) is 0 Å². The van der Waals surface area contributed by atoms with E-state index in [1.807, 2.05) is 42.7 Å². The maximum absolute atomic E-state index is 11.9. The van der Waals surface area contributed by atoms with Gasteiger partial charge in [0.2, 0.25) is 0 Å². The number of nitrogens with one attached hydrogen (secondary N) is 1. The Labute approximate surface area is 139 Å². The number of thioether (sulfide) groups is 1. The lowest BCUT2D eigenvalue weighted by Crippen LogP contribution is -2.49. The number of carbonyl (C=O) groups is 2. The Balaban J connectivity index is 1.96. The second-order valence-corrected chi connectivity index (χ2v) is 5.97. The lowest BCUT2D eigenvalue weighted by atomic mass is 10.1. The minimum atomic E-state index is -1.28. The Hall–Kier alpha value is -2.21. The number of aliphatic carboxylic acids is 1. The van der Waals surface area contributed by atoms with Crippen LogP contribution in [0.2, 0.25) is 0 Å². The summed E-state index contributed by atoms with van der Waals surface area (Å²) < 4.78 is 5.54. The molecule has 122 valence electrons. The molecular weight excluding hydrogens is 314 g/mol. The molecule has 0 aliphatic rings. The van der Waals surface area contributed by atoms with E-state index in [1.165, 1.54) is 11.8 Å². The Morgan fingerprint density at radius 1 is 1.22 bits per heavy atom. The predicted molar refractivity (Wildman–Crippen MR) is 89.4 cm³/mol. The third-order valence-corrected chi connectivity index (χ3v) is 3.98. The molecule has 2 aromatic carbocycles. The zero-order chi connectivity index (χ0) is 16.7. The highest BCUT2D eigenvalue weighted by Gasteiger charge is 2.14. The molecule has 1 amide bonds. The van der Waals surface area contributed by atoms with Gasteiger partial charge in [-0.25, -0.2) is 0 Å². The van der Waals surface area contributed by atoms with E-state index in [-0.39, 0.29) is 6.61 Å². The van der Waals surface area contributed by atoms with Crippen LogP contribution in [0.5, 0.6) is 5.75 Å². The van der Waals surface area contributed by atoms with Crippen molar-refractivity contribution < 1.29 is 19.4 Å². The number of amides is 1. The van der Waals surface area contributed by atoms with Gasteiger partial charge in [0.15, 0.2) is 6.61 Å². The lowest BCUT2D eigenvalue weighted by Gasteiger charge is -2.19. The van der Waals surface area contributed by atoms with Crippen LogP contribution >= 0.6 is 11.8 Å². The van der Waals surface area contributed by atoms with Gasteiger partial charge >= 0.3 is 0 Å². The van der Waals surface area contributed by atoms with E-state index in [0.29, 0.717) is 17.9 Å². The van der Waals surface area contributed by atoms with E-state index in [9.17, 15) is 14.7 Å². The zero-order valence-electron chi connectivity index (χ0n) is 12.8. The molecule has 0 saturated carbocycles. The van der Waals surface area contributed by atoms with Crippen LogP contribution in [0, 0.1) is 0 Å². The number of rotatable bonds is 8. The van der Waals surface area contributed by atoms with Gasteiger partial charge in [0.1, 0.15) is 5.75 Å². The van der Waals surface area contributed by atoms with E-state index in [4.69, 9.17) is 4.74 Å². The molecule has 0 heterocycles. The molecule has 0 aliphatic carbocycles. The standard InChI is InChI=1S/C17H19NO4S/c1-23-10-9-14(17(20)21)18-16(19)11-22-15-8-4-6-12-5-2-3-7-13(12)15/h2-8,14H,9-11H2,1H3,(H,18,19)(H,20,21)/p-1/t14-/m1/s1. The van der Waals surface area contributed by atoms with Gasteiger partial charge in [0, 0.05) is 5.39 Å². The summed E-state index contributed by atoms with van der Waals surface area (Å²) in [7, 11) is 0. The first-order chi connectivity index (χ1) is 11.1. The number of hydrogen-bond donors (Lipinski definition) is 1. The first-order valence-electron chi connectivity index (χ1n) is 7.21. The van der Waals surface area contributed by atoms with Crippen LogP contribution in [0.25, 0.3) is 10.8 Å². The molecule has 0 radical (unpaired) electrons. The number of carboxylic acids is 1. The number of fused-ring (bicyclic) bond motifs is 1. The van der Waals surface area contributed by atoms with Crippen LogP contribution in [0.15, 0.2) is 42.5 Å². The summed E-state index contributed by atoms with van der Waals surface area (Å²) in [6.45, 7) is -0.239. The van der Waals surface area contributed by atoms with Crippen molar-refractivity contribution in [1.82, 2.24) is 5.32 Å². The van der Waals surface area contributed by atoms with E-state index in [2.05, 4.69) is 5.32 Å². The average molecular weight is 332 g/mol. The Kier molecular flexibility index (Phi) is 6.29. The molecule has 1 atom stereocenters. The second kappa shape index (κ2) is 8.43. The van der Waals surface area contributed by atoms with Crippen LogP contribution in [0.1, 0.15) is 6.42 Å². The van der Waals surface area contributed by atoms with Crippen molar-refractivity contribution in [3.63, 3.8) is 0 Å². The Morgan fingerprint density at radius 2 is 1.96 bits per heavy atom. The van der Waals surface area contributed by atoms with E-state index in [0.717, 1.165) is 10.8 Å². The normalized spacial score (nSPS) is 11.9. The van der Waals surface area contributed by atoms with Gasteiger partial charge in [-0.2, -0.15) is 11.8 Å². The molecule has 0 saturated heterocycles. The smallest absolute Gasteiger partial charge is 0.258 e. The van der Waals surface area contributed by atoms with Crippen LogP contribution < -0.4 is 15.2 Å². The van der Waals surface area contributed by atoms with Gasteiger partial charge in [-0.1, -0.05) is 36.4 Å². The minimum Gasteiger partial charge on any atom is -0.548 e. The van der Waals surface area contributed by atoms with Crippen LogP contribution in [0.4, 0.5) is 0 Å². The first kappa shape index (κ1) is 17.1. The summed E-state index contributed by atoms with van der Waals surface area (Å²) in [4.78, 5) is 22.9. The van der Waals surface area contributed by atoms with Crippen molar-refractivity contribution in [3.8, 4) is 5.75 Å². The molecule has 0 spiro atoms. The highest BCUT2D eigenvalue weighted by atomic mass is 32.2. The van der Waals surface area contributed by atoms with Gasteiger partial charge in [-0.15, -0.1) is 0 Å². The first-order valence-corrected chi connectivity index (χ1v) is 8.61. The summed E-state index contributed by atoms with van der Waals surface area (Å²) in [5, 5.41) is 15.4. The predicted octanol–water partition coefficient (Wildman–Crippen LogP) is 1.21. The van der Waals surface area contributed by atoms with Crippen molar-refractivity contribution in [2.45, 2.75) is 12.5 Å². The molecule has 0 aliphatic heterocycles. The van der Waals surface area contributed by atoms with Crippen LogP contribution in [-0.4, -0.2) is 36.5 Å². The van der Waals surface area contributed by atoms with Gasteiger partial charge in [-0.05, 0) is 29.9 Å². The fraction of sp³-hybridized carbons (Fsp3) is 0.294. The van der Waals surface area contributed by atoms with Crippen molar-refractivity contribution in [2.75, 3.05) is 18.6 Å². The summed E-state index contributed by atoms with van der Waals surface area (Å²) in [5.74, 6) is -0.540. The molecule has 23 heavy (non-hydrogen) atoms. The molecule has 2 aromatic rings. The van der Waals surface area contributed by atoms with E-state index in [1.54, 1.807) is 6.07 Å². The van der Waals surface area contributed by atoms with Gasteiger partial charge < -0.3 is 20.0 Å². The molecular formula is C17H18NO4S-. The van der Waals surface area contributed by atoms with Gasteiger partial charge in [0.05, 0.1) is 12.0 Å². The number of benzene rings is 2. The van der Waals surface area contributed by atoms with Crippen molar-refractivity contribution in [3.05, 3.63) is 42.5 Å². The van der Waals surface area contributed by atoms with Crippen molar-refractivity contribution in [1.29, 1.82) is 0 Å². The second-order valence-electron chi connectivity index (χ2n) is 4.99. The summed E-state index contributed by atoms with van der Waals surface area (Å²) >= 11 is 1.51. The molecule has 0 aromatic heterocycles. The molecule has 0 bridgehead atoms. The maximum Gasteiger partial charge on any atom is 0.258 e. The molecule has 5 nitrogen and oxygen atoms in total.